The molecule has 0 spiro atoms. The van der Waals surface area contributed by atoms with E-state index >= 15 is 0 Å². The zero-order valence-corrected chi connectivity index (χ0v) is 8.20. The van der Waals surface area contributed by atoms with E-state index in [1.165, 1.54) is 0 Å². The van der Waals surface area contributed by atoms with Gasteiger partial charge >= 0.3 is 0 Å². The molecule has 2 nitrogen and oxygen atoms in total. The van der Waals surface area contributed by atoms with Crippen molar-refractivity contribution in [3.63, 3.8) is 0 Å². The number of aliphatic hydroxyl groups excluding tert-OH is 1. The third kappa shape index (κ3) is 1.90. The Kier molecular flexibility index (Phi) is 3.07. The fraction of sp³-hybridized carbons (Fsp3) is 0.455. The van der Waals surface area contributed by atoms with Crippen LogP contribution in [0.2, 0.25) is 0 Å². The maximum Gasteiger partial charge on any atom is 0.0618 e. The van der Waals surface area contributed by atoms with Crippen LogP contribution in [0.25, 0.3) is 0 Å². The quantitative estimate of drug-likeness (QED) is 0.734. The first-order valence-electron chi connectivity index (χ1n) is 4.55. The van der Waals surface area contributed by atoms with E-state index in [0.29, 0.717) is 6.54 Å². The minimum absolute atomic E-state index is 0.332. The molecular formula is C11H17NO. The van der Waals surface area contributed by atoms with Gasteiger partial charge in [-0.1, -0.05) is 37.3 Å². The van der Waals surface area contributed by atoms with Gasteiger partial charge in [-0.05, 0) is 12.5 Å². The fourth-order valence-electron chi connectivity index (χ4n) is 1.35. The summed E-state index contributed by atoms with van der Waals surface area (Å²) in [5.74, 6) is 0. The average Bonchev–Trinajstić information content (AvgIpc) is 2.17. The molecule has 0 radical (unpaired) electrons. The van der Waals surface area contributed by atoms with Crippen molar-refractivity contribution in [2.75, 3.05) is 6.54 Å². The lowest BCUT2D eigenvalue weighted by molar-refractivity contribution is 0.112. The minimum atomic E-state index is -0.431. The third-order valence-electron chi connectivity index (χ3n) is 2.78. The fourth-order valence-corrected chi connectivity index (χ4v) is 1.35. The zero-order chi connectivity index (χ0) is 9.90. The molecular weight excluding hydrogens is 162 g/mol. The number of hydrogen-bond acceptors (Lipinski definition) is 2. The molecule has 2 atom stereocenters. The van der Waals surface area contributed by atoms with Gasteiger partial charge in [-0.15, -0.1) is 0 Å². The van der Waals surface area contributed by atoms with Gasteiger partial charge in [0.1, 0.15) is 0 Å². The summed E-state index contributed by atoms with van der Waals surface area (Å²) < 4.78 is 0. The molecule has 2 heteroatoms. The van der Waals surface area contributed by atoms with E-state index in [2.05, 4.69) is 0 Å². The first-order chi connectivity index (χ1) is 6.11. The number of hydrogen-bond donors (Lipinski definition) is 2. The highest BCUT2D eigenvalue weighted by atomic mass is 16.3. The van der Waals surface area contributed by atoms with Crippen LogP contribution in [0.1, 0.15) is 19.4 Å². The van der Waals surface area contributed by atoms with Crippen LogP contribution >= 0.6 is 0 Å². The molecule has 0 aromatic heterocycles. The standard InChI is InChI=1S/C11H17NO/c1-9(13)11(2,8-12)10-6-4-3-5-7-10/h3-7,9,13H,8,12H2,1-2H3. The summed E-state index contributed by atoms with van der Waals surface area (Å²) in [6.07, 6.45) is -0.431. The van der Waals surface area contributed by atoms with Gasteiger partial charge in [0.15, 0.2) is 0 Å². The highest BCUT2D eigenvalue weighted by Gasteiger charge is 2.29. The summed E-state index contributed by atoms with van der Waals surface area (Å²) in [5, 5.41) is 9.64. The lowest BCUT2D eigenvalue weighted by atomic mass is 9.78. The van der Waals surface area contributed by atoms with Crippen molar-refractivity contribution in [3.8, 4) is 0 Å². The molecule has 13 heavy (non-hydrogen) atoms. The monoisotopic (exact) mass is 179 g/mol. The van der Waals surface area contributed by atoms with Crippen molar-refractivity contribution in [1.82, 2.24) is 0 Å². The van der Waals surface area contributed by atoms with E-state index in [4.69, 9.17) is 5.73 Å². The summed E-state index contributed by atoms with van der Waals surface area (Å²) >= 11 is 0. The van der Waals surface area contributed by atoms with Gasteiger partial charge in [0.05, 0.1) is 6.10 Å². The first kappa shape index (κ1) is 10.2. The molecule has 2 unspecified atom stereocenters. The second-order valence-electron chi connectivity index (χ2n) is 3.66. The van der Waals surface area contributed by atoms with Crippen molar-refractivity contribution in [2.24, 2.45) is 5.73 Å². The number of rotatable bonds is 3. The Bertz CT molecular complexity index is 258. The topological polar surface area (TPSA) is 46.2 Å². The lowest BCUT2D eigenvalue weighted by Gasteiger charge is -2.31. The highest BCUT2D eigenvalue weighted by molar-refractivity contribution is 5.26. The number of benzene rings is 1. The van der Waals surface area contributed by atoms with E-state index in [0.717, 1.165) is 5.56 Å². The van der Waals surface area contributed by atoms with Crippen molar-refractivity contribution >= 4 is 0 Å². The van der Waals surface area contributed by atoms with Crippen molar-refractivity contribution < 1.29 is 5.11 Å². The Labute approximate surface area is 79.4 Å². The summed E-state index contributed by atoms with van der Waals surface area (Å²) in [7, 11) is 0. The third-order valence-corrected chi connectivity index (χ3v) is 2.78. The Balaban J connectivity index is 3.03. The normalized spacial score (nSPS) is 17.8. The van der Waals surface area contributed by atoms with Gasteiger partial charge in [-0.25, -0.2) is 0 Å². The van der Waals surface area contributed by atoms with Gasteiger partial charge in [0, 0.05) is 12.0 Å². The first-order valence-corrected chi connectivity index (χ1v) is 4.55. The molecule has 1 aromatic rings. The second kappa shape index (κ2) is 3.90. The van der Waals surface area contributed by atoms with E-state index in [-0.39, 0.29) is 5.41 Å². The number of aliphatic hydroxyl groups is 1. The molecule has 0 bridgehead atoms. The molecule has 72 valence electrons. The maximum atomic E-state index is 9.64. The van der Waals surface area contributed by atoms with E-state index < -0.39 is 6.10 Å². The van der Waals surface area contributed by atoms with Gasteiger partial charge in [-0.3, -0.25) is 0 Å². The zero-order valence-electron chi connectivity index (χ0n) is 8.20. The Morgan fingerprint density at radius 2 is 1.92 bits per heavy atom. The molecule has 3 N–H and O–H groups in total. The van der Waals surface area contributed by atoms with Crippen LogP contribution in [0.15, 0.2) is 30.3 Å². The van der Waals surface area contributed by atoms with Crippen molar-refractivity contribution in [3.05, 3.63) is 35.9 Å². The second-order valence-corrected chi connectivity index (χ2v) is 3.66. The van der Waals surface area contributed by atoms with E-state index in [1.54, 1.807) is 6.92 Å². The van der Waals surface area contributed by atoms with Crippen LogP contribution in [0, 0.1) is 0 Å². The predicted octanol–water partition coefficient (Wildman–Crippen LogP) is 1.28. The summed E-state index contributed by atoms with van der Waals surface area (Å²) in [4.78, 5) is 0. The van der Waals surface area contributed by atoms with Crippen LogP contribution in [0.5, 0.6) is 0 Å². The SMILES string of the molecule is CC(O)C(C)(CN)c1ccccc1. The molecule has 0 aliphatic heterocycles. The number of nitrogens with two attached hydrogens (primary N) is 1. The summed E-state index contributed by atoms with van der Waals surface area (Å²) in [5.41, 5.74) is 6.44. The maximum absolute atomic E-state index is 9.64. The van der Waals surface area contributed by atoms with Gasteiger partial charge in [-0.2, -0.15) is 0 Å². The van der Waals surface area contributed by atoms with Gasteiger partial charge in [0.2, 0.25) is 0 Å². The molecule has 1 rings (SSSR count). The highest BCUT2D eigenvalue weighted by Crippen LogP contribution is 2.25. The molecule has 0 aliphatic carbocycles. The summed E-state index contributed by atoms with van der Waals surface area (Å²) in [6.45, 7) is 4.21. The van der Waals surface area contributed by atoms with Crippen molar-refractivity contribution in [2.45, 2.75) is 25.4 Å². The largest absolute Gasteiger partial charge is 0.392 e. The minimum Gasteiger partial charge on any atom is -0.392 e. The van der Waals surface area contributed by atoms with Crippen LogP contribution < -0.4 is 5.73 Å². The van der Waals surface area contributed by atoms with Crippen LogP contribution in [0.3, 0.4) is 0 Å². The van der Waals surface area contributed by atoms with E-state index in [9.17, 15) is 5.11 Å². The Morgan fingerprint density at radius 1 is 1.38 bits per heavy atom. The lowest BCUT2D eigenvalue weighted by Crippen LogP contribution is -2.41. The molecule has 0 heterocycles. The summed E-state index contributed by atoms with van der Waals surface area (Å²) in [6, 6.07) is 9.89. The van der Waals surface area contributed by atoms with Crippen LogP contribution in [-0.2, 0) is 5.41 Å². The van der Waals surface area contributed by atoms with Gasteiger partial charge < -0.3 is 10.8 Å². The van der Waals surface area contributed by atoms with E-state index in [1.807, 2.05) is 37.3 Å². The molecule has 0 fully saturated rings. The van der Waals surface area contributed by atoms with Crippen LogP contribution in [0.4, 0.5) is 0 Å². The Hall–Kier alpha value is -0.860. The van der Waals surface area contributed by atoms with Crippen molar-refractivity contribution in [1.29, 1.82) is 0 Å². The van der Waals surface area contributed by atoms with Crippen LogP contribution in [-0.4, -0.2) is 17.8 Å². The smallest absolute Gasteiger partial charge is 0.0618 e. The molecule has 0 aliphatic rings. The Morgan fingerprint density at radius 3 is 2.31 bits per heavy atom. The molecule has 1 aromatic carbocycles. The molecule has 0 saturated heterocycles. The average molecular weight is 179 g/mol. The predicted molar refractivity (Wildman–Crippen MR) is 54.5 cm³/mol. The molecule has 0 saturated carbocycles. The van der Waals surface area contributed by atoms with Gasteiger partial charge in [0.25, 0.3) is 0 Å². The molecule has 0 amide bonds.